The fourth-order valence-electron chi connectivity index (χ4n) is 2.86. The molecule has 1 aliphatic rings. The molecule has 4 atom stereocenters. The number of nitrogens with one attached hydrogen (secondary N) is 1. The standard InChI is InChI=1S/C14H28N2O/c1-5-13(9(2)3)16-14(17)12-7-6-11(15)8-10(12)4/h9-13H,5-8,15H2,1-4H3,(H,16,17). The topological polar surface area (TPSA) is 55.1 Å². The summed E-state index contributed by atoms with van der Waals surface area (Å²) in [7, 11) is 0. The van der Waals surface area contributed by atoms with Crippen molar-refractivity contribution >= 4 is 5.91 Å². The fraction of sp³-hybridized carbons (Fsp3) is 0.929. The second kappa shape index (κ2) is 6.39. The zero-order valence-electron chi connectivity index (χ0n) is 11.7. The number of nitrogens with two attached hydrogens (primary N) is 1. The van der Waals surface area contributed by atoms with E-state index in [1.54, 1.807) is 0 Å². The lowest BCUT2D eigenvalue weighted by atomic mass is 9.77. The van der Waals surface area contributed by atoms with Crippen molar-refractivity contribution in [2.75, 3.05) is 0 Å². The van der Waals surface area contributed by atoms with Crippen LogP contribution in [-0.4, -0.2) is 18.0 Å². The molecule has 1 fully saturated rings. The van der Waals surface area contributed by atoms with Crippen molar-refractivity contribution in [3.8, 4) is 0 Å². The van der Waals surface area contributed by atoms with Crippen molar-refractivity contribution in [2.24, 2.45) is 23.5 Å². The SMILES string of the molecule is CCC(NC(=O)C1CCC(N)CC1C)C(C)C. The largest absolute Gasteiger partial charge is 0.353 e. The van der Waals surface area contributed by atoms with Gasteiger partial charge in [0.05, 0.1) is 0 Å². The van der Waals surface area contributed by atoms with Crippen molar-refractivity contribution in [2.45, 2.75) is 65.5 Å². The number of carbonyl (C=O) groups is 1. The minimum atomic E-state index is 0.169. The molecule has 0 aromatic heterocycles. The van der Waals surface area contributed by atoms with Gasteiger partial charge in [0.1, 0.15) is 0 Å². The summed E-state index contributed by atoms with van der Waals surface area (Å²) in [5.41, 5.74) is 5.93. The van der Waals surface area contributed by atoms with Gasteiger partial charge in [-0.15, -0.1) is 0 Å². The molecule has 0 radical (unpaired) electrons. The Balaban J connectivity index is 2.52. The molecule has 3 nitrogen and oxygen atoms in total. The summed E-state index contributed by atoms with van der Waals surface area (Å²) >= 11 is 0. The molecular formula is C14H28N2O. The van der Waals surface area contributed by atoms with E-state index >= 15 is 0 Å². The molecule has 1 amide bonds. The van der Waals surface area contributed by atoms with Crippen molar-refractivity contribution in [3.63, 3.8) is 0 Å². The van der Waals surface area contributed by atoms with Crippen molar-refractivity contribution in [1.29, 1.82) is 0 Å². The quantitative estimate of drug-likeness (QED) is 0.792. The summed E-state index contributed by atoms with van der Waals surface area (Å²) in [5, 5.41) is 3.20. The highest BCUT2D eigenvalue weighted by Gasteiger charge is 2.31. The predicted molar refractivity (Wildman–Crippen MR) is 71.5 cm³/mol. The Morgan fingerprint density at radius 3 is 2.53 bits per heavy atom. The van der Waals surface area contributed by atoms with Gasteiger partial charge in [0.25, 0.3) is 0 Å². The van der Waals surface area contributed by atoms with Crippen LogP contribution in [0.1, 0.15) is 53.4 Å². The van der Waals surface area contributed by atoms with Gasteiger partial charge in [0.2, 0.25) is 5.91 Å². The first-order valence-electron chi connectivity index (χ1n) is 7.01. The zero-order valence-corrected chi connectivity index (χ0v) is 11.7. The van der Waals surface area contributed by atoms with E-state index in [1.807, 2.05) is 0 Å². The maximum atomic E-state index is 12.2. The molecule has 17 heavy (non-hydrogen) atoms. The van der Waals surface area contributed by atoms with Crippen LogP contribution in [0, 0.1) is 17.8 Å². The van der Waals surface area contributed by atoms with Crippen LogP contribution in [0.25, 0.3) is 0 Å². The molecule has 1 saturated carbocycles. The minimum Gasteiger partial charge on any atom is -0.353 e. The van der Waals surface area contributed by atoms with Crippen LogP contribution in [0.4, 0.5) is 0 Å². The third-order valence-electron chi connectivity index (χ3n) is 4.12. The second-order valence-corrected chi connectivity index (χ2v) is 5.92. The van der Waals surface area contributed by atoms with Gasteiger partial charge in [-0.2, -0.15) is 0 Å². The maximum Gasteiger partial charge on any atom is 0.223 e. The summed E-state index contributed by atoms with van der Waals surface area (Å²) in [5.74, 6) is 1.33. The lowest BCUT2D eigenvalue weighted by Gasteiger charge is -2.33. The average Bonchev–Trinajstić information content (AvgIpc) is 2.24. The number of carbonyl (C=O) groups excluding carboxylic acids is 1. The maximum absolute atomic E-state index is 12.2. The lowest BCUT2D eigenvalue weighted by molar-refractivity contribution is -0.128. The molecular weight excluding hydrogens is 212 g/mol. The monoisotopic (exact) mass is 240 g/mol. The van der Waals surface area contributed by atoms with Crippen LogP contribution >= 0.6 is 0 Å². The number of hydrogen-bond donors (Lipinski definition) is 2. The summed E-state index contributed by atoms with van der Waals surface area (Å²) in [6, 6.07) is 0.603. The predicted octanol–water partition coefficient (Wildman–Crippen LogP) is 2.30. The molecule has 1 rings (SSSR count). The fourth-order valence-corrected chi connectivity index (χ4v) is 2.86. The zero-order chi connectivity index (χ0) is 13.0. The van der Waals surface area contributed by atoms with E-state index in [2.05, 4.69) is 33.0 Å². The third kappa shape index (κ3) is 3.98. The smallest absolute Gasteiger partial charge is 0.223 e. The van der Waals surface area contributed by atoms with E-state index in [4.69, 9.17) is 5.73 Å². The first-order valence-corrected chi connectivity index (χ1v) is 7.01. The number of hydrogen-bond acceptors (Lipinski definition) is 2. The molecule has 0 aliphatic heterocycles. The summed E-state index contributed by atoms with van der Waals surface area (Å²) in [6.07, 6.45) is 3.92. The van der Waals surface area contributed by atoms with Crippen molar-refractivity contribution < 1.29 is 4.79 Å². The van der Waals surface area contributed by atoms with Gasteiger partial charge >= 0.3 is 0 Å². The summed E-state index contributed by atoms with van der Waals surface area (Å²) in [4.78, 5) is 12.2. The van der Waals surface area contributed by atoms with Gasteiger partial charge in [0.15, 0.2) is 0 Å². The Morgan fingerprint density at radius 2 is 2.06 bits per heavy atom. The molecule has 0 aromatic carbocycles. The Bertz CT molecular complexity index is 253. The highest BCUT2D eigenvalue weighted by atomic mass is 16.2. The van der Waals surface area contributed by atoms with Gasteiger partial charge in [-0.25, -0.2) is 0 Å². The van der Waals surface area contributed by atoms with Crippen molar-refractivity contribution in [3.05, 3.63) is 0 Å². The Morgan fingerprint density at radius 1 is 1.41 bits per heavy atom. The highest BCUT2D eigenvalue weighted by Crippen LogP contribution is 2.29. The Hall–Kier alpha value is -0.570. The highest BCUT2D eigenvalue weighted by molar-refractivity contribution is 5.79. The van der Waals surface area contributed by atoms with Crippen molar-refractivity contribution in [1.82, 2.24) is 5.32 Å². The molecule has 4 unspecified atom stereocenters. The first kappa shape index (κ1) is 14.5. The molecule has 0 spiro atoms. The molecule has 0 saturated heterocycles. The average molecular weight is 240 g/mol. The summed E-state index contributed by atoms with van der Waals surface area (Å²) in [6.45, 7) is 8.61. The van der Waals surface area contributed by atoms with Crippen LogP contribution in [-0.2, 0) is 4.79 Å². The van der Waals surface area contributed by atoms with Crippen LogP contribution in [0.2, 0.25) is 0 Å². The van der Waals surface area contributed by atoms with E-state index in [0.717, 1.165) is 25.7 Å². The van der Waals surface area contributed by atoms with E-state index < -0.39 is 0 Å². The van der Waals surface area contributed by atoms with Crippen LogP contribution in [0.5, 0.6) is 0 Å². The number of rotatable bonds is 4. The molecule has 0 bridgehead atoms. The van der Waals surface area contributed by atoms with Gasteiger partial charge in [-0.3, -0.25) is 4.79 Å². The van der Waals surface area contributed by atoms with Crippen LogP contribution in [0.15, 0.2) is 0 Å². The van der Waals surface area contributed by atoms with Gasteiger partial charge < -0.3 is 11.1 Å². The van der Waals surface area contributed by atoms with Gasteiger partial charge in [-0.05, 0) is 37.5 Å². The van der Waals surface area contributed by atoms with Gasteiger partial charge in [-0.1, -0.05) is 27.7 Å². The Labute approximate surface area is 106 Å². The molecule has 1 aliphatic carbocycles. The van der Waals surface area contributed by atoms with E-state index in [9.17, 15) is 4.79 Å². The normalized spacial score (nSPS) is 31.3. The van der Waals surface area contributed by atoms with Crippen LogP contribution in [0.3, 0.4) is 0 Å². The van der Waals surface area contributed by atoms with Crippen LogP contribution < -0.4 is 11.1 Å². The third-order valence-corrected chi connectivity index (χ3v) is 4.12. The van der Waals surface area contributed by atoms with Gasteiger partial charge in [0, 0.05) is 18.0 Å². The minimum absolute atomic E-state index is 0.169. The van der Waals surface area contributed by atoms with E-state index in [-0.39, 0.29) is 11.8 Å². The molecule has 0 aromatic rings. The molecule has 0 heterocycles. The second-order valence-electron chi connectivity index (χ2n) is 5.92. The molecule has 3 heteroatoms. The van der Waals surface area contributed by atoms with E-state index in [1.165, 1.54) is 0 Å². The molecule has 3 N–H and O–H groups in total. The first-order chi connectivity index (χ1) is 7.95. The summed E-state index contributed by atoms with van der Waals surface area (Å²) < 4.78 is 0. The van der Waals surface area contributed by atoms with E-state index in [0.29, 0.717) is 23.9 Å². The Kier molecular flexibility index (Phi) is 5.44. The lowest BCUT2D eigenvalue weighted by Crippen LogP contribution is -2.45. The number of amides is 1. The molecule has 100 valence electrons.